The van der Waals surface area contributed by atoms with Crippen LogP contribution in [0.25, 0.3) is 0 Å². The predicted molar refractivity (Wildman–Crippen MR) is 83.9 cm³/mol. The Morgan fingerprint density at radius 2 is 2.10 bits per heavy atom. The van der Waals surface area contributed by atoms with Crippen molar-refractivity contribution in [3.8, 4) is 0 Å². The molecule has 1 heterocycles. The van der Waals surface area contributed by atoms with Crippen molar-refractivity contribution in [1.29, 1.82) is 0 Å². The molecule has 6 heteroatoms. The summed E-state index contributed by atoms with van der Waals surface area (Å²) in [5.41, 5.74) is 0. The zero-order valence-corrected chi connectivity index (χ0v) is 13.9. The van der Waals surface area contributed by atoms with Crippen LogP contribution in [0.5, 0.6) is 0 Å². The molecule has 1 fully saturated rings. The molecule has 1 aliphatic heterocycles. The molecule has 0 N–H and O–H groups in total. The summed E-state index contributed by atoms with van der Waals surface area (Å²) in [4.78, 5) is 22.0. The fourth-order valence-corrected chi connectivity index (χ4v) is 4.56. The first-order chi connectivity index (χ1) is 9.58. The van der Waals surface area contributed by atoms with Crippen LogP contribution in [0, 0.1) is 5.92 Å². The summed E-state index contributed by atoms with van der Waals surface area (Å²) in [5, 5.41) is 0.585. The van der Waals surface area contributed by atoms with Crippen LogP contribution < -0.4 is 0 Å². The van der Waals surface area contributed by atoms with Gasteiger partial charge in [0.2, 0.25) is 0 Å². The first kappa shape index (κ1) is 17.9. The molecule has 20 heavy (non-hydrogen) atoms. The Kier molecular flexibility index (Phi) is 9.39. The molecular weight excluding hydrogens is 296 g/mol. The minimum absolute atomic E-state index is 0.0258. The highest BCUT2D eigenvalue weighted by atomic mass is 33.1. The average Bonchev–Trinajstić information content (AvgIpc) is 2.40. The quantitative estimate of drug-likeness (QED) is 0.370. The monoisotopic (exact) mass is 320 g/mol. The number of ether oxygens (including phenoxy) is 2. The number of Topliss-reactive ketones (excluding diaryl/α,β-unsaturated/α-hetero) is 1. The maximum Gasteiger partial charge on any atom is 0.306 e. The minimum atomic E-state index is -0.271. The molecule has 4 nitrogen and oxygen atoms in total. The number of esters is 1. The molecule has 116 valence electrons. The lowest BCUT2D eigenvalue weighted by molar-refractivity contribution is -0.144. The molecule has 0 aromatic rings. The lowest BCUT2D eigenvalue weighted by atomic mass is 10.1. The van der Waals surface area contributed by atoms with Gasteiger partial charge in [0.1, 0.15) is 5.78 Å². The van der Waals surface area contributed by atoms with Crippen molar-refractivity contribution < 1.29 is 19.1 Å². The summed E-state index contributed by atoms with van der Waals surface area (Å²) in [7, 11) is 3.70. The Bertz CT molecular complexity index is 310. The number of carbonyl (C=O) groups excluding carboxylic acids is 2. The average molecular weight is 320 g/mol. The van der Waals surface area contributed by atoms with Crippen LogP contribution >= 0.6 is 21.6 Å². The number of hydrogen-bond acceptors (Lipinski definition) is 6. The molecule has 0 aromatic carbocycles. The van der Waals surface area contributed by atoms with Crippen LogP contribution in [-0.2, 0) is 19.1 Å². The summed E-state index contributed by atoms with van der Waals surface area (Å²) in [6.07, 6.45) is 2.56. The minimum Gasteiger partial charge on any atom is -0.466 e. The smallest absolute Gasteiger partial charge is 0.306 e. The normalized spacial score (nSPS) is 22.5. The summed E-state index contributed by atoms with van der Waals surface area (Å²) < 4.78 is 10.6. The van der Waals surface area contributed by atoms with E-state index in [1.165, 1.54) is 13.3 Å². The van der Waals surface area contributed by atoms with Gasteiger partial charge in [0.25, 0.3) is 0 Å². The first-order valence-electron chi connectivity index (χ1n) is 7.09. The highest BCUT2D eigenvalue weighted by Crippen LogP contribution is 2.33. The van der Waals surface area contributed by atoms with Gasteiger partial charge in [-0.15, -0.1) is 0 Å². The molecule has 2 unspecified atom stereocenters. The van der Waals surface area contributed by atoms with Gasteiger partial charge in [-0.3, -0.25) is 4.79 Å². The van der Waals surface area contributed by atoms with Crippen molar-refractivity contribution in [3.05, 3.63) is 0 Å². The summed E-state index contributed by atoms with van der Waals surface area (Å²) in [6.45, 7) is 5.89. The van der Waals surface area contributed by atoms with Crippen molar-refractivity contribution in [2.45, 2.75) is 44.8 Å². The molecule has 1 rings (SSSR count). The molecule has 0 saturated carbocycles. The molecular formula is C14H24O4S2. The second-order valence-corrected chi connectivity index (χ2v) is 7.98. The third-order valence-electron chi connectivity index (χ3n) is 2.89. The van der Waals surface area contributed by atoms with Crippen LogP contribution in [0.1, 0.15) is 39.5 Å². The summed E-state index contributed by atoms with van der Waals surface area (Å²) in [5.74, 6) is 1.38. The fraction of sp³-hybridized carbons (Fsp3) is 0.857. The fourth-order valence-electron chi connectivity index (χ4n) is 1.85. The van der Waals surface area contributed by atoms with Gasteiger partial charge in [0, 0.05) is 24.0 Å². The van der Waals surface area contributed by atoms with E-state index >= 15 is 0 Å². The molecule has 0 radical (unpaired) electrons. The van der Waals surface area contributed by atoms with Gasteiger partial charge in [-0.05, 0) is 25.7 Å². The predicted octanol–water partition coefficient (Wildman–Crippen LogP) is 3.10. The van der Waals surface area contributed by atoms with Crippen LogP contribution in [0.15, 0.2) is 0 Å². The summed E-state index contributed by atoms with van der Waals surface area (Å²) >= 11 is 0. The van der Waals surface area contributed by atoms with E-state index in [1.54, 1.807) is 0 Å². The first-order valence-corrected chi connectivity index (χ1v) is 9.47. The van der Waals surface area contributed by atoms with Crippen molar-refractivity contribution >= 4 is 33.3 Å². The molecule has 1 saturated heterocycles. The maximum absolute atomic E-state index is 11.3. The van der Waals surface area contributed by atoms with Crippen LogP contribution in [-0.4, -0.2) is 42.6 Å². The molecule has 0 bridgehead atoms. The molecule has 0 spiro atoms. The van der Waals surface area contributed by atoms with E-state index in [9.17, 15) is 9.59 Å². The van der Waals surface area contributed by atoms with Gasteiger partial charge in [-0.25, -0.2) is 0 Å². The SMILES string of the molecule is CC(=O)CCC(=O)OCCCSSC1COCC(C)C1. The third-order valence-corrected chi connectivity index (χ3v) is 5.81. The second-order valence-electron chi connectivity index (χ2n) is 5.19. The molecule has 0 aliphatic carbocycles. The van der Waals surface area contributed by atoms with E-state index < -0.39 is 0 Å². The largest absolute Gasteiger partial charge is 0.466 e. The Labute approximate surface area is 129 Å². The van der Waals surface area contributed by atoms with Crippen molar-refractivity contribution in [2.75, 3.05) is 25.6 Å². The Balaban J connectivity index is 1.91. The number of hydrogen-bond donors (Lipinski definition) is 0. The molecule has 0 aromatic heterocycles. The van der Waals surface area contributed by atoms with Crippen LogP contribution in [0.3, 0.4) is 0 Å². The zero-order valence-electron chi connectivity index (χ0n) is 12.3. The van der Waals surface area contributed by atoms with Gasteiger partial charge < -0.3 is 14.3 Å². The van der Waals surface area contributed by atoms with E-state index in [0.29, 0.717) is 17.8 Å². The van der Waals surface area contributed by atoms with Crippen molar-refractivity contribution in [3.63, 3.8) is 0 Å². The Hall–Kier alpha value is -0.200. The number of carbonyl (C=O) groups is 2. The van der Waals surface area contributed by atoms with Crippen molar-refractivity contribution in [2.24, 2.45) is 5.92 Å². The number of ketones is 1. The highest BCUT2D eigenvalue weighted by Gasteiger charge is 2.19. The lowest BCUT2D eigenvalue weighted by Crippen LogP contribution is -2.25. The molecule has 1 aliphatic rings. The highest BCUT2D eigenvalue weighted by molar-refractivity contribution is 8.76. The second kappa shape index (κ2) is 10.5. The Morgan fingerprint density at radius 3 is 2.80 bits per heavy atom. The van der Waals surface area contributed by atoms with Gasteiger partial charge in [0.05, 0.1) is 19.6 Å². The Morgan fingerprint density at radius 1 is 1.30 bits per heavy atom. The maximum atomic E-state index is 11.3. The lowest BCUT2D eigenvalue weighted by Gasteiger charge is -2.25. The van der Waals surface area contributed by atoms with E-state index in [1.807, 2.05) is 21.6 Å². The van der Waals surface area contributed by atoms with Gasteiger partial charge in [0.15, 0.2) is 0 Å². The number of rotatable bonds is 9. The van der Waals surface area contributed by atoms with E-state index in [-0.39, 0.29) is 24.6 Å². The van der Waals surface area contributed by atoms with E-state index in [2.05, 4.69) is 6.92 Å². The van der Waals surface area contributed by atoms with E-state index in [4.69, 9.17) is 9.47 Å². The van der Waals surface area contributed by atoms with Crippen LogP contribution in [0.4, 0.5) is 0 Å². The standard InChI is InChI=1S/C14H24O4S2/c1-11-8-13(10-17-9-11)20-19-7-3-6-18-14(16)5-4-12(2)15/h11,13H,3-10H2,1-2H3. The molecule has 2 atom stereocenters. The molecule has 0 amide bonds. The topological polar surface area (TPSA) is 52.6 Å². The van der Waals surface area contributed by atoms with Crippen molar-refractivity contribution in [1.82, 2.24) is 0 Å². The van der Waals surface area contributed by atoms with Gasteiger partial charge in [-0.1, -0.05) is 28.5 Å². The van der Waals surface area contributed by atoms with Crippen LogP contribution in [0.2, 0.25) is 0 Å². The zero-order chi connectivity index (χ0) is 14.8. The third kappa shape index (κ3) is 8.87. The van der Waals surface area contributed by atoms with E-state index in [0.717, 1.165) is 25.4 Å². The summed E-state index contributed by atoms with van der Waals surface area (Å²) in [6, 6.07) is 0. The van der Waals surface area contributed by atoms with Gasteiger partial charge in [-0.2, -0.15) is 0 Å². The van der Waals surface area contributed by atoms with Gasteiger partial charge >= 0.3 is 5.97 Å².